The summed E-state index contributed by atoms with van der Waals surface area (Å²) >= 11 is 6.33. The maximum atomic E-state index is 6.33. The van der Waals surface area contributed by atoms with E-state index in [1.165, 1.54) is 22.2 Å². The zero-order valence-electron chi connectivity index (χ0n) is 14.2. The summed E-state index contributed by atoms with van der Waals surface area (Å²) in [4.78, 5) is 3.66. The van der Waals surface area contributed by atoms with Crippen LogP contribution in [0.2, 0.25) is 5.02 Å². The molecule has 3 nitrogen and oxygen atoms in total. The molecule has 4 rings (SSSR count). The molecule has 0 unspecified atom stereocenters. The van der Waals surface area contributed by atoms with Crippen molar-refractivity contribution in [3.63, 3.8) is 0 Å². The molecule has 2 atom stereocenters. The van der Waals surface area contributed by atoms with E-state index in [1.807, 2.05) is 19.2 Å². The van der Waals surface area contributed by atoms with E-state index >= 15 is 0 Å². The number of H-pyrrole nitrogens is 1. The van der Waals surface area contributed by atoms with Gasteiger partial charge in [-0.25, -0.2) is 0 Å². The lowest BCUT2D eigenvalue weighted by Gasteiger charge is -2.40. The number of halogens is 1. The first-order valence-corrected chi connectivity index (χ1v) is 8.76. The molecule has 0 aliphatic carbocycles. The van der Waals surface area contributed by atoms with E-state index < -0.39 is 0 Å². The van der Waals surface area contributed by atoms with Crippen molar-refractivity contribution in [1.29, 1.82) is 0 Å². The molecule has 3 N–H and O–H groups in total. The molecule has 2 aromatic carbocycles. The number of aromatic nitrogens is 1. The van der Waals surface area contributed by atoms with Gasteiger partial charge in [0.1, 0.15) is 0 Å². The zero-order chi connectivity index (χ0) is 16.9. The van der Waals surface area contributed by atoms with Crippen LogP contribution in [0.1, 0.15) is 30.7 Å². The summed E-state index contributed by atoms with van der Waals surface area (Å²) in [5, 5.41) is 9.18. The smallest absolute Gasteiger partial charge is 0.0838 e. The molecule has 3 aromatic rings. The van der Waals surface area contributed by atoms with Crippen LogP contribution < -0.4 is 10.6 Å². The predicted molar refractivity (Wildman–Crippen MR) is 102 cm³/mol. The number of fused-ring (bicyclic) bond motifs is 3. The quantitative estimate of drug-likeness (QED) is 0.635. The van der Waals surface area contributed by atoms with Crippen LogP contribution in [-0.2, 0) is 12.0 Å². The summed E-state index contributed by atoms with van der Waals surface area (Å²) in [6.07, 6.45) is 1.02. The van der Waals surface area contributed by atoms with Crippen LogP contribution in [0.5, 0.6) is 0 Å². The Morgan fingerprint density at radius 2 is 2.00 bits per heavy atom. The predicted octanol–water partition coefficient (Wildman–Crippen LogP) is 4.66. The van der Waals surface area contributed by atoms with Gasteiger partial charge in [0.05, 0.1) is 5.54 Å². The fraction of sp³-hybridized carbons (Fsp3) is 0.300. The van der Waals surface area contributed by atoms with Crippen LogP contribution >= 0.6 is 11.6 Å². The van der Waals surface area contributed by atoms with Crippen molar-refractivity contribution >= 4 is 28.2 Å². The van der Waals surface area contributed by atoms with Gasteiger partial charge in [-0.15, -0.1) is 0 Å². The molecule has 0 fully saturated rings. The minimum Gasteiger partial charge on any atom is -0.388 e. The second-order valence-corrected chi connectivity index (χ2v) is 7.27. The minimum absolute atomic E-state index is 0.324. The average molecular weight is 340 g/mol. The van der Waals surface area contributed by atoms with Gasteiger partial charge in [0.25, 0.3) is 0 Å². The van der Waals surface area contributed by atoms with Crippen LogP contribution in [0.15, 0.2) is 42.5 Å². The molecule has 4 heteroatoms. The number of rotatable bonds is 2. The number of anilines is 1. The van der Waals surface area contributed by atoms with E-state index in [2.05, 4.69) is 59.8 Å². The molecule has 1 aromatic heterocycles. The van der Waals surface area contributed by atoms with Crippen LogP contribution in [0, 0.1) is 0 Å². The van der Waals surface area contributed by atoms with Crippen LogP contribution in [0.25, 0.3) is 10.9 Å². The molecule has 1 aliphatic rings. The van der Waals surface area contributed by atoms with Crippen molar-refractivity contribution in [1.82, 2.24) is 10.3 Å². The Morgan fingerprint density at radius 3 is 2.79 bits per heavy atom. The Bertz CT molecular complexity index is 914. The fourth-order valence-electron chi connectivity index (χ4n) is 4.12. The van der Waals surface area contributed by atoms with E-state index in [1.54, 1.807) is 0 Å². The maximum absolute atomic E-state index is 6.33. The first kappa shape index (κ1) is 15.6. The monoisotopic (exact) mass is 339 g/mol. The number of hydrogen-bond acceptors (Lipinski definition) is 2. The van der Waals surface area contributed by atoms with E-state index in [-0.39, 0.29) is 5.54 Å². The normalized spacial score (nSPS) is 23.2. The van der Waals surface area contributed by atoms with Crippen molar-refractivity contribution in [3.8, 4) is 0 Å². The van der Waals surface area contributed by atoms with Crippen molar-refractivity contribution in [3.05, 3.63) is 64.3 Å². The van der Waals surface area contributed by atoms with Gasteiger partial charge in [0.15, 0.2) is 0 Å². The highest BCUT2D eigenvalue weighted by Gasteiger charge is 2.40. The lowest BCUT2D eigenvalue weighted by Crippen LogP contribution is -2.50. The molecule has 0 radical (unpaired) electrons. The average Bonchev–Trinajstić information content (AvgIpc) is 2.94. The number of hydrogen-bond donors (Lipinski definition) is 3. The summed E-state index contributed by atoms with van der Waals surface area (Å²) in [7, 11) is 1.95. The van der Waals surface area contributed by atoms with E-state index in [0.29, 0.717) is 6.04 Å². The zero-order valence-corrected chi connectivity index (χ0v) is 15.0. The highest BCUT2D eigenvalue weighted by atomic mass is 35.5. The standard InChI is InChI=1S/C20H22ClN3/c1-12-10-15-14-6-4-5-7-17(14)23-19(15)20(2,24-12)16-11-13(21)8-9-18(16)22-3/h4-9,11-12,22-24H,10H2,1-3H3/t12-,20+/m0/s1. The number of benzene rings is 2. The molecule has 0 saturated heterocycles. The van der Waals surface area contributed by atoms with Crippen molar-refractivity contribution in [2.75, 3.05) is 12.4 Å². The van der Waals surface area contributed by atoms with Crippen molar-refractivity contribution in [2.24, 2.45) is 0 Å². The Labute approximate surface area is 147 Å². The lowest BCUT2D eigenvalue weighted by molar-refractivity contribution is 0.347. The van der Waals surface area contributed by atoms with Crippen LogP contribution in [-0.4, -0.2) is 18.1 Å². The largest absolute Gasteiger partial charge is 0.388 e. The number of aromatic amines is 1. The third-order valence-corrected chi connectivity index (χ3v) is 5.38. The van der Waals surface area contributed by atoms with Crippen LogP contribution in [0.3, 0.4) is 0 Å². The Balaban J connectivity index is 2.01. The number of nitrogens with one attached hydrogen (secondary N) is 3. The minimum atomic E-state index is -0.324. The van der Waals surface area contributed by atoms with Gasteiger partial charge >= 0.3 is 0 Å². The molecule has 1 aliphatic heterocycles. The van der Waals surface area contributed by atoms with E-state index in [4.69, 9.17) is 11.6 Å². The van der Waals surface area contributed by atoms with Crippen LogP contribution in [0.4, 0.5) is 5.69 Å². The molecule has 0 saturated carbocycles. The summed E-state index contributed by atoms with van der Waals surface area (Å²) in [5.74, 6) is 0. The highest BCUT2D eigenvalue weighted by Crippen LogP contribution is 2.42. The van der Waals surface area contributed by atoms with E-state index in [0.717, 1.165) is 22.7 Å². The van der Waals surface area contributed by atoms with Crippen molar-refractivity contribution in [2.45, 2.75) is 31.8 Å². The molecule has 24 heavy (non-hydrogen) atoms. The van der Waals surface area contributed by atoms with E-state index in [9.17, 15) is 0 Å². The third-order valence-electron chi connectivity index (χ3n) is 5.15. The molecular weight excluding hydrogens is 318 g/mol. The maximum Gasteiger partial charge on any atom is 0.0838 e. The molecule has 0 spiro atoms. The molecular formula is C20H22ClN3. The van der Waals surface area contributed by atoms with Gasteiger partial charge < -0.3 is 10.3 Å². The lowest BCUT2D eigenvalue weighted by atomic mass is 9.80. The highest BCUT2D eigenvalue weighted by molar-refractivity contribution is 6.30. The molecule has 2 heterocycles. The molecule has 0 amide bonds. The van der Waals surface area contributed by atoms with Gasteiger partial charge in [-0.3, -0.25) is 5.32 Å². The SMILES string of the molecule is CNc1ccc(Cl)cc1[C@@]1(C)N[C@@H](C)Cc2c1[nH]c1ccccc21. The second kappa shape index (κ2) is 5.54. The molecule has 0 bridgehead atoms. The van der Waals surface area contributed by atoms with Gasteiger partial charge in [0, 0.05) is 46.0 Å². The summed E-state index contributed by atoms with van der Waals surface area (Å²) in [6, 6.07) is 15.0. The van der Waals surface area contributed by atoms with Gasteiger partial charge in [0.2, 0.25) is 0 Å². The number of para-hydroxylation sites is 1. The topological polar surface area (TPSA) is 39.8 Å². The third kappa shape index (κ3) is 2.23. The summed E-state index contributed by atoms with van der Waals surface area (Å²) in [6.45, 7) is 4.48. The molecule has 124 valence electrons. The van der Waals surface area contributed by atoms with Crippen molar-refractivity contribution < 1.29 is 0 Å². The first-order valence-electron chi connectivity index (χ1n) is 8.38. The fourth-order valence-corrected chi connectivity index (χ4v) is 4.29. The Kier molecular flexibility index (Phi) is 3.59. The van der Waals surface area contributed by atoms with Gasteiger partial charge in [-0.2, -0.15) is 0 Å². The Hall–Kier alpha value is -1.97. The summed E-state index contributed by atoms with van der Waals surface area (Å²) < 4.78 is 0. The first-order chi connectivity index (χ1) is 11.5. The van der Waals surface area contributed by atoms with Gasteiger partial charge in [-0.05, 0) is 50.1 Å². The van der Waals surface area contributed by atoms with Gasteiger partial charge in [-0.1, -0.05) is 29.8 Å². The summed E-state index contributed by atoms with van der Waals surface area (Å²) in [5.41, 5.74) is 5.76. The second-order valence-electron chi connectivity index (χ2n) is 6.84. The Morgan fingerprint density at radius 1 is 1.21 bits per heavy atom.